The molecule has 1 aromatic rings. The van der Waals surface area contributed by atoms with E-state index in [-0.39, 0.29) is 5.41 Å². The molecule has 0 aliphatic rings. The van der Waals surface area contributed by atoms with Crippen LogP contribution in [0, 0.1) is 0 Å². The van der Waals surface area contributed by atoms with Crippen molar-refractivity contribution in [3.05, 3.63) is 16.1 Å². The highest BCUT2D eigenvalue weighted by molar-refractivity contribution is 7.09. The Labute approximate surface area is 96.1 Å². The first kappa shape index (κ1) is 13.4. The third-order valence-electron chi connectivity index (χ3n) is 2.07. The summed E-state index contributed by atoms with van der Waals surface area (Å²) in [5, 5.41) is 10.9. The lowest BCUT2D eigenvalue weighted by atomic mass is 9.93. The van der Waals surface area contributed by atoms with Crippen molar-refractivity contribution in [3.8, 4) is 0 Å². The number of hydrogen-bond acceptors (Lipinski definition) is 3. The molecule has 0 aliphatic heterocycles. The Morgan fingerprint density at radius 2 is 1.94 bits per heavy atom. The van der Waals surface area contributed by atoms with Crippen molar-refractivity contribution in [1.29, 1.82) is 0 Å². The van der Waals surface area contributed by atoms with Crippen molar-refractivity contribution < 1.29 is 18.3 Å². The molecular formula is C10H14F3NOS. The van der Waals surface area contributed by atoms with Crippen molar-refractivity contribution in [2.75, 3.05) is 0 Å². The summed E-state index contributed by atoms with van der Waals surface area (Å²) in [7, 11) is 0. The van der Waals surface area contributed by atoms with Crippen LogP contribution in [-0.2, 0) is 11.8 Å². The second kappa shape index (κ2) is 4.33. The molecule has 0 aliphatic carbocycles. The molecule has 0 fully saturated rings. The molecular weight excluding hydrogens is 239 g/mol. The minimum absolute atomic E-state index is 0.183. The van der Waals surface area contributed by atoms with E-state index in [1.165, 1.54) is 0 Å². The quantitative estimate of drug-likeness (QED) is 0.879. The van der Waals surface area contributed by atoms with Gasteiger partial charge in [0.05, 0.1) is 10.7 Å². The topological polar surface area (TPSA) is 33.1 Å². The molecule has 0 radical (unpaired) electrons. The van der Waals surface area contributed by atoms with Crippen LogP contribution in [0.3, 0.4) is 0 Å². The highest BCUT2D eigenvalue weighted by atomic mass is 32.1. The van der Waals surface area contributed by atoms with Gasteiger partial charge in [-0.05, 0) is 0 Å². The van der Waals surface area contributed by atoms with Gasteiger partial charge in [-0.25, -0.2) is 4.98 Å². The second-order valence-electron chi connectivity index (χ2n) is 4.64. The van der Waals surface area contributed by atoms with Gasteiger partial charge in [-0.15, -0.1) is 11.3 Å². The van der Waals surface area contributed by atoms with Crippen molar-refractivity contribution in [3.63, 3.8) is 0 Å². The van der Waals surface area contributed by atoms with E-state index in [0.29, 0.717) is 5.01 Å². The highest BCUT2D eigenvalue weighted by Gasteiger charge is 2.38. The molecule has 1 aromatic heterocycles. The average Bonchev–Trinajstić information content (AvgIpc) is 2.49. The Balaban J connectivity index is 2.74. The number of alkyl halides is 3. The molecule has 92 valence electrons. The van der Waals surface area contributed by atoms with Gasteiger partial charge in [0.2, 0.25) is 0 Å². The lowest BCUT2D eigenvalue weighted by molar-refractivity contribution is -0.203. The highest BCUT2D eigenvalue weighted by Crippen LogP contribution is 2.27. The summed E-state index contributed by atoms with van der Waals surface area (Å²) in [5.74, 6) is 0. The predicted octanol–water partition coefficient (Wildman–Crippen LogP) is 2.91. The standard InChI is InChI=1S/C10H14F3NOS/c1-9(2,3)6-5-16-8(14-6)4-7(15)10(11,12)13/h5,7,15H,4H2,1-3H3. The molecule has 1 N–H and O–H groups in total. The summed E-state index contributed by atoms with van der Waals surface area (Å²) in [6.07, 6.45) is -7.37. The Kier molecular flexibility index (Phi) is 3.64. The van der Waals surface area contributed by atoms with E-state index in [0.717, 1.165) is 17.0 Å². The number of aliphatic hydroxyl groups excluding tert-OH is 1. The number of halogens is 3. The van der Waals surface area contributed by atoms with Gasteiger partial charge in [-0.1, -0.05) is 20.8 Å². The molecule has 0 spiro atoms. The van der Waals surface area contributed by atoms with Crippen molar-refractivity contribution in [2.24, 2.45) is 0 Å². The van der Waals surface area contributed by atoms with Crippen LogP contribution in [-0.4, -0.2) is 22.4 Å². The minimum atomic E-state index is -4.58. The Morgan fingerprint density at radius 3 is 2.31 bits per heavy atom. The minimum Gasteiger partial charge on any atom is -0.383 e. The molecule has 0 bridgehead atoms. The summed E-state index contributed by atoms with van der Waals surface area (Å²) in [5.41, 5.74) is 0.569. The van der Waals surface area contributed by atoms with E-state index in [4.69, 9.17) is 5.11 Å². The van der Waals surface area contributed by atoms with E-state index in [9.17, 15) is 13.2 Å². The maximum absolute atomic E-state index is 12.1. The lowest BCUT2D eigenvalue weighted by Crippen LogP contribution is -2.30. The smallest absolute Gasteiger partial charge is 0.383 e. The largest absolute Gasteiger partial charge is 0.414 e. The SMILES string of the molecule is CC(C)(C)c1csc(CC(O)C(F)(F)F)n1. The average molecular weight is 253 g/mol. The fourth-order valence-corrected chi connectivity index (χ4v) is 2.09. The molecule has 2 nitrogen and oxygen atoms in total. The number of nitrogens with zero attached hydrogens (tertiary/aromatic N) is 1. The van der Waals surface area contributed by atoms with Crippen LogP contribution in [0.25, 0.3) is 0 Å². The van der Waals surface area contributed by atoms with Gasteiger partial charge >= 0.3 is 6.18 Å². The number of rotatable bonds is 2. The zero-order valence-electron chi connectivity index (χ0n) is 9.30. The molecule has 16 heavy (non-hydrogen) atoms. The van der Waals surface area contributed by atoms with Gasteiger partial charge in [0.15, 0.2) is 6.10 Å². The Morgan fingerprint density at radius 1 is 1.38 bits per heavy atom. The van der Waals surface area contributed by atoms with Gasteiger partial charge in [-0.2, -0.15) is 13.2 Å². The summed E-state index contributed by atoms with van der Waals surface area (Å²) in [6, 6.07) is 0. The summed E-state index contributed by atoms with van der Waals surface area (Å²) >= 11 is 1.15. The molecule has 1 heterocycles. The van der Waals surface area contributed by atoms with Crippen LogP contribution >= 0.6 is 11.3 Å². The first-order valence-corrected chi connectivity index (χ1v) is 5.68. The molecule has 1 unspecified atom stereocenters. The molecule has 0 saturated heterocycles. The van der Waals surface area contributed by atoms with Crippen molar-refractivity contribution >= 4 is 11.3 Å². The summed E-state index contributed by atoms with van der Waals surface area (Å²) in [6.45, 7) is 5.81. The molecule has 1 rings (SSSR count). The fourth-order valence-electron chi connectivity index (χ4n) is 1.03. The maximum atomic E-state index is 12.1. The van der Waals surface area contributed by atoms with E-state index >= 15 is 0 Å². The van der Waals surface area contributed by atoms with Crippen LogP contribution in [0.1, 0.15) is 31.5 Å². The summed E-state index contributed by atoms with van der Waals surface area (Å²) < 4.78 is 36.3. The van der Waals surface area contributed by atoms with Crippen molar-refractivity contribution in [1.82, 2.24) is 4.98 Å². The zero-order chi connectivity index (χ0) is 12.6. The van der Waals surface area contributed by atoms with Crippen LogP contribution in [0.5, 0.6) is 0 Å². The van der Waals surface area contributed by atoms with Gasteiger partial charge < -0.3 is 5.11 Å². The predicted molar refractivity (Wildman–Crippen MR) is 56.6 cm³/mol. The molecule has 0 aromatic carbocycles. The van der Waals surface area contributed by atoms with E-state index in [2.05, 4.69) is 4.98 Å². The molecule has 6 heteroatoms. The van der Waals surface area contributed by atoms with Gasteiger partial charge in [0, 0.05) is 17.2 Å². The summed E-state index contributed by atoms with van der Waals surface area (Å²) in [4.78, 5) is 4.09. The third-order valence-corrected chi connectivity index (χ3v) is 2.94. The monoisotopic (exact) mass is 253 g/mol. The van der Waals surface area contributed by atoms with E-state index in [1.54, 1.807) is 5.38 Å². The number of aromatic nitrogens is 1. The van der Waals surface area contributed by atoms with Gasteiger partial charge in [0.1, 0.15) is 0 Å². The fraction of sp³-hybridized carbons (Fsp3) is 0.700. The number of thiazole rings is 1. The van der Waals surface area contributed by atoms with Crippen LogP contribution in [0.2, 0.25) is 0 Å². The maximum Gasteiger partial charge on any atom is 0.414 e. The van der Waals surface area contributed by atoms with Crippen molar-refractivity contribution in [2.45, 2.75) is 44.9 Å². The third kappa shape index (κ3) is 3.45. The van der Waals surface area contributed by atoms with E-state index in [1.807, 2.05) is 20.8 Å². The van der Waals surface area contributed by atoms with Crippen LogP contribution in [0.4, 0.5) is 13.2 Å². The molecule has 0 amide bonds. The van der Waals surface area contributed by atoms with Crippen LogP contribution in [0.15, 0.2) is 5.38 Å². The van der Waals surface area contributed by atoms with Gasteiger partial charge in [-0.3, -0.25) is 0 Å². The van der Waals surface area contributed by atoms with E-state index < -0.39 is 18.7 Å². The number of aliphatic hydroxyl groups is 1. The first-order chi connectivity index (χ1) is 7.10. The lowest BCUT2D eigenvalue weighted by Gasteiger charge is -2.15. The second-order valence-corrected chi connectivity index (χ2v) is 5.58. The molecule has 1 atom stereocenters. The normalized spacial score (nSPS) is 15.2. The zero-order valence-corrected chi connectivity index (χ0v) is 10.1. The Hall–Kier alpha value is -0.620. The number of hydrogen-bond donors (Lipinski definition) is 1. The van der Waals surface area contributed by atoms with Crippen LogP contribution < -0.4 is 0 Å². The Bertz CT molecular complexity index is 354. The first-order valence-electron chi connectivity index (χ1n) is 4.80. The van der Waals surface area contributed by atoms with Gasteiger partial charge in [0.25, 0.3) is 0 Å². The molecule has 0 saturated carbocycles.